The Morgan fingerprint density at radius 2 is 1.88 bits per heavy atom. The van der Waals surface area contributed by atoms with Crippen LogP contribution in [0.4, 0.5) is 0 Å². The largest absolute Gasteiger partial charge is 0.458 e. The summed E-state index contributed by atoms with van der Waals surface area (Å²) in [5.74, 6) is 0.324. The van der Waals surface area contributed by atoms with Crippen molar-refractivity contribution in [2.45, 2.75) is 26.1 Å². The van der Waals surface area contributed by atoms with Crippen LogP contribution < -0.4 is 0 Å². The summed E-state index contributed by atoms with van der Waals surface area (Å²) < 4.78 is 5.49. The van der Waals surface area contributed by atoms with Crippen molar-refractivity contribution >= 4 is 22.6 Å². The van der Waals surface area contributed by atoms with E-state index in [1.54, 1.807) is 24.3 Å². The second-order valence-corrected chi connectivity index (χ2v) is 4.95. The van der Waals surface area contributed by atoms with E-state index >= 15 is 0 Å². The molecule has 2 N–H and O–H groups in total. The molecule has 2 aromatic rings. The quantitative estimate of drug-likeness (QED) is 0.885. The topological polar surface area (TPSA) is 53.6 Å². The molecule has 0 aliphatic heterocycles. The summed E-state index contributed by atoms with van der Waals surface area (Å²) in [4.78, 5) is 0. The maximum absolute atomic E-state index is 9.95. The first-order valence-electron chi connectivity index (χ1n) is 5.54. The molecule has 0 fully saturated rings. The Bertz CT molecular complexity index is 518. The van der Waals surface area contributed by atoms with Crippen LogP contribution in [0.1, 0.15) is 25.7 Å². The zero-order chi connectivity index (χ0) is 12.6. The van der Waals surface area contributed by atoms with Gasteiger partial charge in [-0.3, -0.25) is 0 Å². The van der Waals surface area contributed by atoms with Gasteiger partial charge in [-0.2, -0.15) is 0 Å². The van der Waals surface area contributed by atoms with Crippen molar-refractivity contribution in [3.63, 3.8) is 0 Å². The average Bonchev–Trinajstić information content (AvgIpc) is 2.69. The highest BCUT2D eigenvalue weighted by Crippen LogP contribution is 2.29. The molecule has 0 spiro atoms. The van der Waals surface area contributed by atoms with Crippen LogP contribution in [0.2, 0.25) is 5.02 Å². The number of hydrogen-bond donors (Lipinski definition) is 2. The van der Waals surface area contributed by atoms with Crippen LogP contribution in [0.25, 0.3) is 11.0 Å². The second kappa shape index (κ2) is 4.69. The number of aliphatic hydroxyl groups excluding tert-OH is 2. The van der Waals surface area contributed by atoms with Gasteiger partial charge in [0.2, 0.25) is 0 Å². The summed E-state index contributed by atoms with van der Waals surface area (Å²) in [6.07, 6.45) is -1.85. The zero-order valence-corrected chi connectivity index (χ0v) is 10.5. The van der Waals surface area contributed by atoms with Crippen LogP contribution in [0.15, 0.2) is 28.7 Å². The van der Waals surface area contributed by atoms with Crippen LogP contribution in [0, 0.1) is 5.92 Å². The van der Waals surface area contributed by atoms with Crippen molar-refractivity contribution in [2.24, 2.45) is 5.92 Å². The maximum Gasteiger partial charge on any atom is 0.138 e. The SMILES string of the molecule is CC(C)C(O)C(O)c1cc2cc(Cl)ccc2o1. The lowest BCUT2D eigenvalue weighted by atomic mass is 10.0. The number of aliphatic hydroxyl groups is 2. The third-order valence-corrected chi connectivity index (χ3v) is 3.03. The number of fused-ring (bicyclic) bond motifs is 1. The van der Waals surface area contributed by atoms with Crippen molar-refractivity contribution in [1.29, 1.82) is 0 Å². The fraction of sp³-hybridized carbons (Fsp3) is 0.385. The number of benzene rings is 1. The molecule has 0 saturated carbocycles. The van der Waals surface area contributed by atoms with E-state index in [1.807, 2.05) is 13.8 Å². The Kier molecular flexibility index (Phi) is 3.43. The highest BCUT2D eigenvalue weighted by atomic mass is 35.5. The van der Waals surface area contributed by atoms with Gasteiger partial charge in [0.1, 0.15) is 17.4 Å². The summed E-state index contributed by atoms with van der Waals surface area (Å²) >= 11 is 5.87. The van der Waals surface area contributed by atoms with Gasteiger partial charge >= 0.3 is 0 Å². The molecular weight excluding hydrogens is 240 g/mol. The van der Waals surface area contributed by atoms with Gasteiger partial charge in [0.25, 0.3) is 0 Å². The fourth-order valence-corrected chi connectivity index (χ4v) is 1.89. The van der Waals surface area contributed by atoms with Crippen molar-refractivity contribution in [1.82, 2.24) is 0 Å². The van der Waals surface area contributed by atoms with Gasteiger partial charge in [-0.25, -0.2) is 0 Å². The lowest BCUT2D eigenvalue weighted by Crippen LogP contribution is -2.23. The van der Waals surface area contributed by atoms with Crippen LogP contribution in [-0.2, 0) is 0 Å². The van der Waals surface area contributed by atoms with Crippen molar-refractivity contribution in [3.8, 4) is 0 Å². The molecule has 2 unspecified atom stereocenters. The van der Waals surface area contributed by atoms with E-state index in [4.69, 9.17) is 16.0 Å². The van der Waals surface area contributed by atoms with Crippen molar-refractivity contribution in [3.05, 3.63) is 35.0 Å². The molecule has 1 aromatic heterocycles. The molecular formula is C13H15ClO3. The van der Waals surface area contributed by atoms with E-state index in [1.165, 1.54) is 0 Å². The lowest BCUT2D eigenvalue weighted by Gasteiger charge is -2.18. The van der Waals surface area contributed by atoms with Crippen LogP contribution in [0.5, 0.6) is 0 Å². The molecule has 2 atom stereocenters. The van der Waals surface area contributed by atoms with E-state index < -0.39 is 12.2 Å². The van der Waals surface area contributed by atoms with Crippen molar-refractivity contribution < 1.29 is 14.6 Å². The molecule has 0 amide bonds. The smallest absolute Gasteiger partial charge is 0.138 e. The minimum Gasteiger partial charge on any atom is -0.458 e. The molecule has 0 aliphatic carbocycles. The fourth-order valence-electron chi connectivity index (χ4n) is 1.71. The molecule has 92 valence electrons. The Morgan fingerprint density at radius 1 is 1.18 bits per heavy atom. The number of rotatable bonds is 3. The van der Waals surface area contributed by atoms with Gasteiger partial charge in [-0.15, -0.1) is 0 Å². The van der Waals surface area contributed by atoms with Gasteiger partial charge in [-0.1, -0.05) is 25.4 Å². The first-order valence-corrected chi connectivity index (χ1v) is 5.92. The highest BCUT2D eigenvalue weighted by Gasteiger charge is 2.24. The first kappa shape index (κ1) is 12.4. The van der Waals surface area contributed by atoms with E-state index in [0.717, 1.165) is 5.39 Å². The highest BCUT2D eigenvalue weighted by molar-refractivity contribution is 6.31. The molecule has 0 saturated heterocycles. The molecule has 0 radical (unpaired) electrons. The van der Waals surface area contributed by atoms with Crippen LogP contribution in [0.3, 0.4) is 0 Å². The molecule has 3 nitrogen and oxygen atoms in total. The maximum atomic E-state index is 9.95. The molecule has 17 heavy (non-hydrogen) atoms. The Morgan fingerprint density at radius 3 is 2.53 bits per heavy atom. The summed E-state index contributed by atoms with van der Waals surface area (Å²) in [7, 11) is 0. The minimum absolute atomic E-state index is 0.0400. The van der Waals surface area contributed by atoms with Gasteiger partial charge < -0.3 is 14.6 Å². The first-order chi connectivity index (χ1) is 7.99. The van der Waals surface area contributed by atoms with Gasteiger partial charge in [0.15, 0.2) is 0 Å². The van der Waals surface area contributed by atoms with Gasteiger partial charge in [0, 0.05) is 10.4 Å². The molecule has 1 heterocycles. The monoisotopic (exact) mass is 254 g/mol. The van der Waals surface area contributed by atoms with Crippen LogP contribution >= 0.6 is 11.6 Å². The Labute approximate surface area is 105 Å². The molecule has 2 rings (SSSR count). The molecule has 1 aromatic carbocycles. The predicted molar refractivity (Wildman–Crippen MR) is 67.0 cm³/mol. The van der Waals surface area contributed by atoms with E-state index in [0.29, 0.717) is 16.4 Å². The Hall–Kier alpha value is -1.03. The van der Waals surface area contributed by atoms with E-state index in [-0.39, 0.29) is 5.92 Å². The molecule has 0 bridgehead atoms. The Balaban J connectivity index is 2.36. The number of hydrogen-bond acceptors (Lipinski definition) is 3. The summed E-state index contributed by atoms with van der Waals surface area (Å²) in [6, 6.07) is 6.94. The minimum atomic E-state index is -1.01. The lowest BCUT2D eigenvalue weighted by molar-refractivity contribution is -0.0197. The summed E-state index contributed by atoms with van der Waals surface area (Å²) in [6.45, 7) is 3.68. The standard InChI is InChI=1S/C13H15ClO3/c1-7(2)12(15)13(16)11-6-8-5-9(14)3-4-10(8)17-11/h3-7,12-13,15-16H,1-2H3. The van der Waals surface area contributed by atoms with Crippen molar-refractivity contribution in [2.75, 3.05) is 0 Å². The third kappa shape index (κ3) is 2.46. The second-order valence-electron chi connectivity index (χ2n) is 4.51. The average molecular weight is 255 g/mol. The number of furan rings is 1. The van der Waals surface area contributed by atoms with Gasteiger partial charge in [-0.05, 0) is 30.2 Å². The van der Waals surface area contributed by atoms with Gasteiger partial charge in [0.05, 0.1) is 6.10 Å². The van der Waals surface area contributed by atoms with E-state index in [9.17, 15) is 10.2 Å². The van der Waals surface area contributed by atoms with Crippen LogP contribution in [-0.4, -0.2) is 16.3 Å². The molecule has 4 heteroatoms. The zero-order valence-electron chi connectivity index (χ0n) is 9.72. The normalized spacial score (nSPS) is 15.4. The number of halogens is 1. The summed E-state index contributed by atoms with van der Waals surface area (Å²) in [5.41, 5.74) is 0.652. The summed E-state index contributed by atoms with van der Waals surface area (Å²) in [5, 5.41) is 21.2. The molecule has 0 aliphatic rings. The van der Waals surface area contributed by atoms with E-state index in [2.05, 4.69) is 0 Å². The predicted octanol–water partition coefficient (Wildman–Crippen LogP) is 3.14. The third-order valence-electron chi connectivity index (χ3n) is 2.80.